The van der Waals surface area contributed by atoms with Gasteiger partial charge in [-0.05, 0) is 41.8 Å². The summed E-state index contributed by atoms with van der Waals surface area (Å²) < 4.78 is 10.6. The highest BCUT2D eigenvalue weighted by atomic mass is 35.5. The van der Waals surface area contributed by atoms with Gasteiger partial charge in [0.25, 0.3) is 0 Å². The minimum absolute atomic E-state index is 0.0233. The summed E-state index contributed by atoms with van der Waals surface area (Å²) in [6.45, 7) is 1.46. The second-order valence-corrected chi connectivity index (χ2v) is 8.16. The number of hydrogen-bond acceptors (Lipinski definition) is 4. The van der Waals surface area contributed by atoms with E-state index in [1.165, 1.54) is 0 Å². The van der Waals surface area contributed by atoms with Crippen LogP contribution in [0.2, 0.25) is 5.02 Å². The van der Waals surface area contributed by atoms with Gasteiger partial charge in [-0.25, -0.2) is 0 Å². The molecule has 148 valence electrons. The lowest BCUT2D eigenvalue weighted by atomic mass is 10.1. The number of carbonyl (C=O) groups excluding carboxylic acids is 1. The Morgan fingerprint density at radius 2 is 1.93 bits per heavy atom. The van der Waals surface area contributed by atoms with E-state index in [0.29, 0.717) is 16.7 Å². The molecule has 0 bridgehead atoms. The molecule has 0 radical (unpaired) electrons. The van der Waals surface area contributed by atoms with E-state index < -0.39 is 0 Å². The topological polar surface area (TPSA) is 38.8 Å². The molecule has 1 aliphatic rings. The fourth-order valence-electron chi connectivity index (χ4n) is 3.20. The van der Waals surface area contributed by atoms with Gasteiger partial charge >= 0.3 is 0 Å². The first-order valence-corrected chi connectivity index (χ1v) is 10.6. The van der Waals surface area contributed by atoms with E-state index in [4.69, 9.17) is 21.1 Å². The summed E-state index contributed by atoms with van der Waals surface area (Å²) in [7, 11) is 3.20. The number of benzene rings is 2. The maximum atomic E-state index is 12.7. The van der Waals surface area contributed by atoms with Crippen molar-refractivity contribution in [1.82, 2.24) is 4.90 Å². The Balaban J connectivity index is 1.63. The van der Waals surface area contributed by atoms with Crippen molar-refractivity contribution >= 4 is 35.3 Å². The second-order valence-electron chi connectivity index (χ2n) is 6.44. The van der Waals surface area contributed by atoms with Crippen LogP contribution >= 0.6 is 23.4 Å². The lowest BCUT2D eigenvalue weighted by Crippen LogP contribution is -2.31. The van der Waals surface area contributed by atoms with E-state index >= 15 is 0 Å². The van der Waals surface area contributed by atoms with Gasteiger partial charge in [-0.15, -0.1) is 0 Å². The number of carbonyl (C=O) groups is 1. The van der Waals surface area contributed by atoms with Crippen LogP contribution in [0.25, 0.3) is 6.08 Å². The first kappa shape index (κ1) is 20.6. The van der Waals surface area contributed by atoms with Crippen LogP contribution in [-0.2, 0) is 4.79 Å². The smallest absolute Gasteiger partial charge is 0.246 e. The van der Waals surface area contributed by atoms with Crippen molar-refractivity contribution in [2.75, 3.05) is 33.1 Å². The Morgan fingerprint density at radius 3 is 2.68 bits per heavy atom. The van der Waals surface area contributed by atoms with Crippen LogP contribution in [0.3, 0.4) is 0 Å². The molecule has 1 saturated heterocycles. The van der Waals surface area contributed by atoms with Crippen LogP contribution < -0.4 is 9.47 Å². The minimum Gasteiger partial charge on any atom is -0.493 e. The zero-order valence-electron chi connectivity index (χ0n) is 16.1. The standard InChI is InChI=1S/C22H24ClNO3S/c1-26-19-9-7-16(15-20(19)27-2)8-10-22(25)24-12-11-21(28-14-13-24)17-5-3-4-6-18(17)23/h3-10,15,21H,11-14H2,1-2H3/b10-8+. The van der Waals surface area contributed by atoms with Crippen molar-refractivity contribution in [2.45, 2.75) is 11.7 Å². The molecule has 28 heavy (non-hydrogen) atoms. The Hall–Kier alpha value is -2.11. The van der Waals surface area contributed by atoms with Crippen molar-refractivity contribution in [3.05, 3.63) is 64.7 Å². The van der Waals surface area contributed by atoms with Crippen molar-refractivity contribution in [3.63, 3.8) is 0 Å². The van der Waals surface area contributed by atoms with Crippen molar-refractivity contribution in [1.29, 1.82) is 0 Å². The van der Waals surface area contributed by atoms with Gasteiger partial charge in [0.15, 0.2) is 11.5 Å². The third kappa shape index (κ3) is 5.03. The number of methoxy groups -OCH3 is 2. The fraction of sp³-hybridized carbons (Fsp3) is 0.318. The molecular weight excluding hydrogens is 394 g/mol. The SMILES string of the molecule is COc1ccc(/C=C/C(=O)N2CCSC(c3ccccc3Cl)CC2)cc1OC. The average molecular weight is 418 g/mol. The molecule has 1 heterocycles. The van der Waals surface area contributed by atoms with Gasteiger partial charge in [-0.3, -0.25) is 4.79 Å². The summed E-state index contributed by atoms with van der Waals surface area (Å²) in [5.41, 5.74) is 2.05. The van der Waals surface area contributed by atoms with Crippen molar-refractivity contribution in [2.24, 2.45) is 0 Å². The molecule has 2 aromatic carbocycles. The third-order valence-electron chi connectivity index (χ3n) is 4.73. The van der Waals surface area contributed by atoms with Gasteiger partial charge in [0.1, 0.15) is 0 Å². The zero-order chi connectivity index (χ0) is 19.9. The van der Waals surface area contributed by atoms with Crippen LogP contribution in [-0.4, -0.2) is 43.9 Å². The lowest BCUT2D eigenvalue weighted by molar-refractivity contribution is -0.125. The lowest BCUT2D eigenvalue weighted by Gasteiger charge is -2.19. The number of halogens is 1. The molecule has 0 aromatic heterocycles. The highest BCUT2D eigenvalue weighted by Gasteiger charge is 2.22. The number of ether oxygens (including phenoxy) is 2. The summed E-state index contributed by atoms with van der Waals surface area (Å²) in [6, 6.07) is 13.6. The van der Waals surface area contributed by atoms with Crippen molar-refractivity contribution in [3.8, 4) is 11.5 Å². The number of rotatable bonds is 5. The highest BCUT2D eigenvalue weighted by Crippen LogP contribution is 2.37. The van der Waals surface area contributed by atoms with Crippen LogP contribution in [0.1, 0.15) is 22.8 Å². The number of thioether (sulfide) groups is 1. The van der Waals surface area contributed by atoms with Crippen LogP contribution in [0.5, 0.6) is 11.5 Å². The van der Waals surface area contributed by atoms with E-state index in [2.05, 4.69) is 6.07 Å². The highest BCUT2D eigenvalue weighted by molar-refractivity contribution is 7.99. The molecule has 1 atom stereocenters. The normalized spacial score (nSPS) is 17.4. The minimum atomic E-state index is 0.0233. The molecule has 6 heteroatoms. The Labute approximate surface area is 175 Å². The quantitative estimate of drug-likeness (QED) is 0.636. The Morgan fingerprint density at radius 1 is 1.14 bits per heavy atom. The molecule has 4 nitrogen and oxygen atoms in total. The molecule has 1 amide bonds. The first-order chi connectivity index (χ1) is 13.6. The van der Waals surface area contributed by atoms with Gasteiger partial charge in [0.2, 0.25) is 5.91 Å². The second kappa shape index (κ2) is 9.89. The Kier molecular flexibility index (Phi) is 7.29. The molecule has 3 rings (SSSR count). The predicted octanol–water partition coefficient (Wildman–Crippen LogP) is 5.08. The molecule has 1 unspecified atom stereocenters. The maximum Gasteiger partial charge on any atom is 0.246 e. The summed E-state index contributed by atoms with van der Waals surface area (Å²) in [4.78, 5) is 14.6. The molecule has 1 fully saturated rings. The number of amides is 1. The molecule has 0 aliphatic carbocycles. The fourth-order valence-corrected chi connectivity index (χ4v) is 4.80. The van der Waals surface area contributed by atoms with Crippen LogP contribution in [0, 0.1) is 0 Å². The van der Waals surface area contributed by atoms with E-state index in [9.17, 15) is 4.79 Å². The third-order valence-corrected chi connectivity index (χ3v) is 6.39. The van der Waals surface area contributed by atoms with Gasteiger partial charge in [-0.2, -0.15) is 11.8 Å². The molecule has 0 N–H and O–H groups in total. The summed E-state index contributed by atoms with van der Waals surface area (Å²) in [5, 5.41) is 1.12. The monoisotopic (exact) mass is 417 g/mol. The van der Waals surface area contributed by atoms with Gasteiger partial charge < -0.3 is 14.4 Å². The van der Waals surface area contributed by atoms with Gasteiger partial charge in [0.05, 0.1) is 14.2 Å². The van der Waals surface area contributed by atoms with Gasteiger partial charge in [0, 0.05) is 35.2 Å². The van der Waals surface area contributed by atoms with E-state index in [1.807, 2.05) is 59.1 Å². The van der Waals surface area contributed by atoms with Crippen LogP contribution in [0.4, 0.5) is 0 Å². The molecule has 0 spiro atoms. The molecule has 1 aliphatic heterocycles. The largest absolute Gasteiger partial charge is 0.493 e. The predicted molar refractivity (Wildman–Crippen MR) is 116 cm³/mol. The summed E-state index contributed by atoms with van der Waals surface area (Å²) >= 11 is 8.21. The summed E-state index contributed by atoms with van der Waals surface area (Å²) in [5.74, 6) is 2.23. The molecule has 0 saturated carbocycles. The van der Waals surface area contributed by atoms with Gasteiger partial charge in [-0.1, -0.05) is 35.9 Å². The van der Waals surface area contributed by atoms with E-state index in [-0.39, 0.29) is 5.91 Å². The van der Waals surface area contributed by atoms with Crippen LogP contribution in [0.15, 0.2) is 48.5 Å². The molecular formula is C22H24ClNO3S. The average Bonchev–Trinajstić information content (AvgIpc) is 2.98. The first-order valence-electron chi connectivity index (χ1n) is 9.17. The molecule has 2 aromatic rings. The number of hydrogen-bond donors (Lipinski definition) is 0. The Bertz CT molecular complexity index is 855. The zero-order valence-corrected chi connectivity index (χ0v) is 17.6. The summed E-state index contributed by atoms with van der Waals surface area (Å²) in [6.07, 6.45) is 4.33. The number of nitrogens with zero attached hydrogens (tertiary/aromatic N) is 1. The van der Waals surface area contributed by atoms with Crippen molar-refractivity contribution < 1.29 is 14.3 Å². The maximum absolute atomic E-state index is 12.7. The van der Waals surface area contributed by atoms with E-state index in [0.717, 1.165) is 41.4 Å². The van der Waals surface area contributed by atoms with E-state index in [1.54, 1.807) is 20.3 Å².